The zero-order valence-corrected chi connectivity index (χ0v) is 13.4. The molecular formula is C13H26N2O4S. The molecule has 0 aromatic carbocycles. The molecule has 0 amide bonds. The smallest absolute Gasteiger partial charge is 0.324 e. The van der Waals surface area contributed by atoms with Gasteiger partial charge in [-0.2, -0.15) is 12.7 Å². The molecule has 1 aliphatic heterocycles. The average Bonchev–Trinajstić information content (AvgIpc) is 2.90. The van der Waals surface area contributed by atoms with Crippen molar-refractivity contribution in [2.75, 3.05) is 19.7 Å². The number of ether oxygens (including phenoxy) is 1. The first-order valence-electron chi connectivity index (χ1n) is 7.39. The second-order valence-electron chi connectivity index (χ2n) is 5.06. The van der Waals surface area contributed by atoms with Crippen molar-refractivity contribution in [2.45, 2.75) is 52.5 Å². The minimum absolute atomic E-state index is 0.268. The van der Waals surface area contributed by atoms with E-state index in [4.69, 9.17) is 4.74 Å². The lowest BCUT2D eigenvalue weighted by Crippen LogP contribution is -2.47. The van der Waals surface area contributed by atoms with Crippen LogP contribution in [-0.2, 0) is 19.7 Å². The SMILES string of the molecule is CCOC(=O)C1CCCN1S(=O)(=O)NCC(CC)CC. The maximum absolute atomic E-state index is 12.3. The van der Waals surface area contributed by atoms with E-state index in [0.29, 0.717) is 31.8 Å². The topological polar surface area (TPSA) is 75.7 Å². The quantitative estimate of drug-likeness (QED) is 0.686. The van der Waals surface area contributed by atoms with Crippen molar-refractivity contribution < 1.29 is 17.9 Å². The zero-order valence-electron chi connectivity index (χ0n) is 12.6. The van der Waals surface area contributed by atoms with Crippen LogP contribution in [0, 0.1) is 5.92 Å². The minimum Gasteiger partial charge on any atom is -0.465 e. The maximum atomic E-state index is 12.3. The van der Waals surface area contributed by atoms with Gasteiger partial charge in [-0.15, -0.1) is 0 Å². The Morgan fingerprint density at radius 2 is 2.00 bits per heavy atom. The average molecular weight is 306 g/mol. The molecule has 0 spiro atoms. The van der Waals surface area contributed by atoms with Crippen LogP contribution in [0.4, 0.5) is 0 Å². The van der Waals surface area contributed by atoms with E-state index in [1.165, 1.54) is 4.31 Å². The van der Waals surface area contributed by atoms with E-state index in [2.05, 4.69) is 4.72 Å². The summed E-state index contributed by atoms with van der Waals surface area (Å²) in [6.45, 7) is 6.87. The monoisotopic (exact) mass is 306 g/mol. The maximum Gasteiger partial charge on any atom is 0.324 e. The number of nitrogens with one attached hydrogen (secondary N) is 1. The second kappa shape index (κ2) is 7.95. The van der Waals surface area contributed by atoms with E-state index in [0.717, 1.165) is 12.8 Å². The van der Waals surface area contributed by atoms with Crippen molar-refractivity contribution in [3.63, 3.8) is 0 Å². The highest BCUT2D eigenvalue weighted by Crippen LogP contribution is 2.21. The lowest BCUT2D eigenvalue weighted by molar-refractivity contribution is -0.146. The molecule has 0 aliphatic carbocycles. The summed E-state index contributed by atoms with van der Waals surface area (Å²) >= 11 is 0. The summed E-state index contributed by atoms with van der Waals surface area (Å²) in [5, 5.41) is 0. The van der Waals surface area contributed by atoms with Crippen molar-refractivity contribution >= 4 is 16.2 Å². The van der Waals surface area contributed by atoms with E-state index >= 15 is 0 Å². The van der Waals surface area contributed by atoms with Gasteiger partial charge in [0.2, 0.25) is 0 Å². The van der Waals surface area contributed by atoms with Crippen molar-refractivity contribution in [3.05, 3.63) is 0 Å². The first kappa shape index (κ1) is 17.4. The summed E-state index contributed by atoms with van der Waals surface area (Å²) in [6.07, 6.45) is 3.08. The summed E-state index contributed by atoms with van der Waals surface area (Å²) in [5.74, 6) is -0.119. The molecule has 1 rings (SSSR count). The van der Waals surface area contributed by atoms with Crippen LogP contribution in [0.5, 0.6) is 0 Å². The Bertz CT molecular complexity index is 407. The molecule has 0 radical (unpaired) electrons. The molecule has 1 unspecified atom stereocenters. The Balaban J connectivity index is 2.68. The van der Waals surface area contributed by atoms with Gasteiger partial charge in [0.1, 0.15) is 6.04 Å². The highest BCUT2D eigenvalue weighted by Gasteiger charge is 2.39. The fourth-order valence-corrected chi connectivity index (χ4v) is 3.89. The lowest BCUT2D eigenvalue weighted by Gasteiger charge is -2.24. The van der Waals surface area contributed by atoms with Gasteiger partial charge in [0.25, 0.3) is 10.2 Å². The molecule has 1 fully saturated rings. The van der Waals surface area contributed by atoms with E-state index < -0.39 is 22.2 Å². The largest absolute Gasteiger partial charge is 0.465 e. The van der Waals surface area contributed by atoms with Gasteiger partial charge in [-0.1, -0.05) is 26.7 Å². The van der Waals surface area contributed by atoms with Gasteiger partial charge < -0.3 is 4.74 Å². The lowest BCUT2D eigenvalue weighted by atomic mass is 10.0. The van der Waals surface area contributed by atoms with Crippen LogP contribution in [-0.4, -0.2) is 44.4 Å². The van der Waals surface area contributed by atoms with Crippen LogP contribution in [0.15, 0.2) is 0 Å². The van der Waals surface area contributed by atoms with E-state index in [-0.39, 0.29) is 6.61 Å². The third-order valence-corrected chi connectivity index (χ3v) is 5.37. The third-order valence-electron chi connectivity index (χ3n) is 3.78. The summed E-state index contributed by atoms with van der Waals surface area (Å²) in [4.78, 5) is 11.8. The van der Waals surface area contributed by atoms with Crippen molar-refractivity contribution in [1.82, 2.24) is 9.03 Å². The second-order valence-corrected chi connectivity index (χ2v) is 6.76. The Morgan fingerprint density at radius 1 is 1.35 bits per heavy atom. The third kappa shape index (κ3) is 4.43. The van der Waals surface area contributed by atoms with Gasteiger partial charge in [0.05, 0.1) is 6.61 Å². The van der Waals surface area contributed by atoms with Gasteiger partial charge in [-0.05, 0) is 25.7 Å². The molecule has 118 valence electrons. The number of hydrogen-bond donors (Lipinski definition) is 1. The first-order chi connectivity index (χ1) is 9.46. The van der Waals surface area contributed by atoms with Crippen molar-refractivity contribution in [2.24, 2.45) is 5.92 Å². The van der Waals surface area contributed by atoms with Crippen molar-refractivity contribution in [1.29, 1.82) is 0 Å². The minimum atomic E-state index is -3.61. The summed E-state index contributed by atoms with van der Waals surface area (Å²) in [5.41, 5.74) is 0. The van der Waals surface area contributed by atoms with Crippen LogP contribution in [0.3, 0.4) is 0 Å². The van der Waals surface area contributed by atoms with Crippen LogP contribution >= 0.6 is 0 Å². The number of carbonyl (C=O) groups is 1. The van der Waals surface area contributed by atoms with Gasteiger partial charge in [-0.3, -0.25) is 4.79 Å². The summed E-state index contributed by atoms with van der Waals surface area (Å²) < 4.78 is 33.4. The van der Waals surface area contributed by atoms with Crippen LogP contribution in [0.25, 0.3) is 0 Å². The highest BCUT2D eigenvalue weighted by molar-refractivity contribution is 7.87. The molecule has 7 heteroatoms. The molecule has 1 heterocycles. The molecule has 0 aromatic heterocycles. The van der Waals surface area contributed by atoms with Gasteiger partial charge in [0, 0.05) is 13.1 Å². The van der Waals surface area contributed by atoms with Crippen LogP contribution < -0.4 is 4.72 Å². The summed E-state index contributed by atoms with van der Waals surface area (Å²) in [6, 6.07) is -0.672. The number of esters is 1. The highest BCUT2D eigenvalue weighted by atomic mass is 32.2. The van der Waals surface area contributed by atoms with Crippen LogP contribution in [0.2, 0.25) is 0 Å². The first-order valence-corrected chi connectivity index (χ1v) is 8.83. The Hall–Kier alpha value is -0.660. The molecule has 0 bridgehead atoms. The fraction of sp³-hybridized carbons (Fsp3) is 0.923. The normalized spacial score (nSPS) is 20.5. The standard InChI is InChI=1S/C13H26N2O4S/c1-4-11(5-2)10-14-20(17,18)15-9-7-8-12(15)13(16)19-6-3/h11-12,14H,4-10H2,1-3H3. The fourth-order valence-electron chi connectivity index (χ4n) is 2.39. The van der Waals surface area contributed by atoms with Crippen LogP contribution in [0.1, 0.15) is 46.5 Å². The molecule has 20 heavy (non-hydrogen) atoms. The molecule has 0 saturated carbocycles. The zero-order chi connectivity index (χ0) is 15.2. The number of rotatable bonds is 8. The number of hydrogen-bond acceptors (Lipinski definition) is 4. The summed E-state index contributed by atoms with van der Waals surface area (Å²) in [7, 11) is -3.61. The molecule has 1 saturated heterocycles. The molecule has 1 atom stereocenters. The Kier molecular flexibility index (Phi) is 6.91. The predicted molar refractivity (Wildman–Crippen MR) is 77.4 cm³/mol. The predicted octanol–water partition coefficient (Wildman–Crippen LogP) is 1.28. The molecule has 1 N–H and O–H groups in total. The molecule has 1 aliphatic rings. The molecular weight excluding hydrogens is 280 g/mol. The number of nitrogens with zero attached hydrogens (tertiary/aromatic N) is 1. The van der Waals surface area contributed by atoms with E-state index in [1.807, 2.05) is 13.8 Å². The molecule has 0 aromatic rings. The van der Waals surface area contributed by atoms with E-state index in [1.54, 1.807) is 6.92 Å². The van der Waals surface area contributed by atoms with E-state index in [9.17, 15) is 13.2 Å². The van der Waals surface area contributed by atoms with Gasteiger partial charge in [-0.25, -0.2) is 4.72 Å². The van der Waals surface area contributed by atoms with Crippen molar-refractivity contribution in [3.8, 4) is 0 Å². The molecule has 6 nitrogen and oxygen atoms in total. The van der Waals surface area contributed by atoms with Gasteiger partial charge in [0.15, 0.2) is 0 Å². The number of carbonyl (C=O) groups excluding carboxylic acids is 1. The Labute approximate surface area is 122 Å². The Morgan fingerprint density at radius 3 is 2.55 bits per heavy atom. The van der Waals surface area contributed by atoms with Gasteiger partial charge >= 0.3 is 5.97 Å².